The van der Waals surface area contributed by atoms with E-state index in [9.17, 15) is 9.59 Å². The molecule has 0 N–H and O–H groups in total. The number of carbonyl (C=O) groups excluding carboxylic acids is 1. The van der Waals surface area contributed by atoms with Crippen molar-refractivity contribution in [2.45, 2.75) is 13.0 Å². The van der Waals surface area contributed by atoms with Gasteiger partial charge in [0.15, 0.2) is 11.5 Å². The molecule has 140 valence electrons. The molecule has 0 unspecified atom stereocenters. The smallest absolute Gasteiger partial charge is 0.277 e. The second-order valence-electron chi connectivity index (χ2n) is 5.88. The first-order chi connectivity index (χ1) is 13.0. The molecule has 2 aromatic carbocycles. The highest BCUT2D eigenvalue weighted by Crippen LogP contribution is 2.31. The molecule has 3 rings (SSSR count). The van der Waals surface area contributed by atoms with Crippen LogP contribution in [0.4, 0.5) is 5.69 Å². The van der Waals surface area contributed by atoms with Crippen LogP contribution in [0.25, 0.3) is 10.9 Å². The first-order valence-corrected chi connectivity index (χ1v) is 8.36. The second-order valence-corrected chi connectivity index (χ2v) is 5.88. The molecule has 0 aliphatic heterocycles. The minimum absolute atomic E-state index is 0.109. The van der Waals surface area contributed by atoms with Crippen LogP contribution in [0.5, 0.6) is 11.5 Å². The largest absolute Gasteiger partial charge is 0.493 e. The summed E-state index contributed by atoms with van der Waals surface area (Å²) in [4.78, 5) is 26.5. The van der Waals surface area contributed by atoms with E-state index in [0.29, 0.717) is 28.1 Å². The molecule has 3 aromatic rings. The molecule has 0 fully saturated rings. The van der Waals surface area contributed by atoms with Gasteiger partial charge in [0.1, 0.15) is 5.52 Å². The number of methoxy groups -OCH3 is 2. The third-order valence-corrected chi connectivity index (χ3v) is 4.30. The third kappa shape index (κ3) is 3.74. The van der Waals surface area contributed by atoms with Crippen LogP contribution in [0, 0.1) is 0 Å². The van der Waals surface area contributed by atoms with Gasteiger partial charge in [0, 0.05) is 25.2 Å². The SMILES string of the molecule is COc1ccc(N(C)C(=O)CCn2nnc3ccccc3c2=O)cc1OC. The van der Waals surface area contributed by atoms with Crippen LogP contribution < -0.4 is 19.9 Å². The molecule has 0 saturated heterocycles. The number of nitrogens with zero attached hydrogens (tertiary/aromatic N) is 4. The van der Waals surface area contributed by atoms with E-state index in [1.165, 1.54) is 16.7 Å². The van der Waals surface area contributed by atoms with Crippen molar-refractivity contribution in [1.29, 1.82) is 0 Å². The Morgan fingerprint density at radius 1 is 1.11 bits per heavy atom. The maximum Gasteiger partial charge on any atom is 0.277 e. The Morgan fingerprint density at radius 3 is 2.59 bits per heavy atom. The van der Waals surface area contributed by atoms with Crippen molar-refractivity contribution < 1.29 is 14.3 Å². The fraction of sp³-hybridized carbons (Fsp3) is 0.263. The summed E-state index contributed by atoms with van der Waals surface area (Å²) in [5.41, 5.74) is 0.935. The van der Waals surface area contributed by atoms with Crippen molar-refractivity contribution in [2.75, 3.05) is 26.2 Å². The molecule has 0 saturated carbocycles. The summed E-state index contributed by atoms with van der Waals surface area (Å²) < 4.78 is 11.7. The van der Waals surface area contributed by atoms with Crippen LogP contribution in [0.2, 0.25) is 0 Å². The van der Waals surface area contributed by atoms with Gasteiger partial charge in [-0.2, -0.15) is 0 Å². The van der Waals surface area contributed by atoms with Crippen molar-refractivity contribution in [2.24, 2.45) is 0 Å². The number of fused-ring (bicyclic) bond motifs is 1. The van der Waals surface area contributed by atoms with Crippen molar-refractivity contribution >= 4 is 22.5 Å². The quantitative estimate of drug-likeness (QED) is 0.660. The lowest BCUT2D eigenvalue weighted by Crippen LogP contribution is -2.30. The monoisotopic (exact) mass is 368 g/mol. The predicted octanol–water partition coefficient (Wildman–Crippen LogP) is 1.86. The first-order valence-electron chi connectivity index (χ1n) is 8.36. The Hall–Kier alpha value is -3.42. The summed E-state index contributed by atoms with van der Waals surface area (Å²) in [6.45, 7) is 0.146. The standard InChI is InChI=1S/C19H20N4O4/c1-22(13-8-9-16(26-2)17(12-13)27-3)18(24)10-11-23-19(25)14-6-4-5-7-15(14)20-21-23/h4-9,12H,10-11H2,1-3H3. The topological polar surface area (TPSA) is 86.5 Å². The van der Waals surface area contributed by atoms with Gasteiger partial charge in [-0.3, -0.25) is 9.59 Å². The highest BCUT2D eigenvalue weighted by atomic mass is 16.5. The average molecular weight is 368 g/mol. The van der Waals surface area contributed by atoms with Gasteiger partial charge in [-0.25, -0.2) is 4.68 Å². The van der Waals surface area contributed by atoms with E-state index in [0.717, 1.165) is 0 Å². The van der Waals surface area contributed by atoms with Crippen LogP contribution >= 0.6 is 0 Å². The lowest BCUT2D eigenvalue weighted by molar-refractivity contribution is -0.118. The predicted molar refractivity (Wildman–Crippen MR) is 101 cm³/mol. The molecule has 1 aromatic heterocycles. The minimum Gasteiger partial charge on any atom is -0.493 e. The van der Waals surface area contributed by atoms with Crippen LogP contribution in [-0.2, 0) is 11.3 Å². The second kappa shape index (κ2) is 7.86. The molecule has 0 aliphatic rings. The van der Waals surface area contributed by atoms with Crippen molar-refractivity contribution in [1.82, 2.24) is 15.0 Å². The third-order valence-electron chi connectivity index (χ3n) is 4.30. The molecular weight excluding hydrogens is 348 g/mol. The van der Waals surface area contributed by atoms with E-state index in [2.05, 4.69) is 10.3 Å². The maximum absolute atomic E-state index is 12.5. The molecule has 1 heterocycles. The normalized spacial score (nSPS) is 10.6. The van der Waals surface area contributed by atoms with Gasteiger partial charge in [-0.05, 0) is 24.3 Å². The highest BCUT2D eigenvalue weighted by molar-refractivity contribution is 5.93. The van der Waals surface area contributed by atoms with Crippen LogP contribution in [-0.4, -0.2) is 42.2 Å². The van der Waals surface area contributed by atoms with Crippen molar-refractivity contribution in [3.63, 3.8) is 0 Å². The fourth-order valence-electron chi connectivity index (χ4n) is 2.72. The molecule has 8 heteroatoms. The van der Waals surface area contributed by atoms with E-state index in [4.69, 9.17) is 9.47 Å². The van der Waals surface area contributed by atoms with Crippen molar-refractivity contribution in [3.8, 4) is 11.5 Å². The van der Waals surface area contributed by atoms with Gasteiger partial charge >= 0.3 is 0 Å². The Labute approximate surface area is 155 Å². The number of aryl methyl sites for hydroxylation is 1. The number of amides is 1. The molecule has 1 amide bonds. The van der Waals surface area contributed by atoms with E-state index in [1.807, 2.05) is 0 Å². The molecular formula is C19H20N4O4. The number of rotatable bonds is 6. The number of anilines is 1. The van der Waals surface area contributed by atoms with Gasteiger partial charge < -0.3 is 14.4 Å². The number of aromatic nitrogens is 3. The lowest BCUT2D eigenvalue weighted by atomic mass is 10.2. The molecule has 0 spiro atoms. The highest BCUT2D eigenvalue weighted by Gasteiger charge is 2.15. The molecule has 0 atom stereocenters. The van der Waals surface area contributed by atoms with Gasteiger partial charge in [0.2, 0.25) is 5.91 Å². The molecule has 0 bridgehead atoms. The van der Waals surface area contributed by atoms with E-state index in [1.54, 1.807) is 56.6 Å². The number of benzene rings is 2. The summed E-state index contributed by atoms with van der Waals surface area (Å²) in [7, 11) is 4.75. The van der Waals surface area contributed by atoms with E-state index >= 15 is 0 Å². The molecule has 0 aliphatic carbocycles. The Balaban J connectivity index is 1.74. The Morgan fingerprint density at radius 2 is 1.85 bits per heavy atom. The summed E-state index contributed by atoms with van der Waals surface area (Å²) in [6, 6.07) is 12.2. The molecule has 8 nitrogen and oxygen atoms in total. The minimum atomic E-state index is -0.262. The molecule has 27 heavy (non-hydrogen) atoms. The summed E-state index contributed by atoms with van der Waals surface area (Å²) in [5, 5.41) is 8.41. The zero-order valence-electron chi connectivity index (χ0n) is 15.4. The number of ether oxygens (including phenoxy) is 2. The average Bonchev–Trinajstić information content (AvgIpc) is 2.72. The Bertz CT molecular complexity index is 1030. The summed E-state index contributed by atoms with van der Waals surface area (Å²) in [6.07, 6.45) is 0.109. The van der Waals surface area contributed by atoms with Crippen LogP contribution in [0.15, 0.2) is 47.3 Å². The number of hydrogen-bond donors (Lipinski definition) is 0. The number of carbonyl (C=O) groups is 1. The summed E-state index contributed by atoms with van der Waals surface area (Å²) >= 11 is 0. The summed E-state index contributed by atoms with van der Waals surface area (Å²) in [5.74, 6) is 0.954. The maximum atomic E-state index is 12.5. The van der Waals surface area contributed by atoms with Gasteiger partial charge in [-0.1, -0.05) is 17.3 Å². The van der Waals surface area contributed by atoms with Gasteiger partial charge in [-0.15, -0.1) is 5.10 Å². The van der Waals surface area contributed by atoms with Crippen molar-refractivity contribution in [3.05, 3.63) is 52.8 Å². The molecule has 0 radical (unpaired) electrons. The number of hydrogen-bond acceptors (Lipinski definition) is 6. The van der Waals surface area contributed by atoms with Crippen LogP contribution in [0.1, 0.15) is 6.42 Å². The zero-order valence-corrected chi connectivity index (χ0v) is 15.4. The zero-order chi connectivity index (χ0) is 19.4. The first kappa shape index (κ1) is 18.4. The van der Waals surface area contributed by atoms with Gasteiger partial charge in [0.05, 0.1) is 26.2 Å². The van der Waals surface area contributed by atoms with Crippen LogP contribution in [0.3, 0.4) is 0 Å². The Kier molecular flexibility index (Phi) is 5.35. The van der Waals surface area contributed by atoms with E-state index in [-0.39, 0.29) is 24.4 Å². The fourth-order valence-corrected chi connectivity index (χ4v) is 2.72. The van der Waals surface area contributed by atoms with Gasteiger partial charge in [0.25, 0.3) is 5.56 Å². The van der Waals surface area contributed by atoms with E-state index < -0.39 is 0 Å². The lowest BCUT2D eigenvalue weighted by Gasteiger charge is -2.19.